The van der Waals surface area contributed by atoms with Gasteiger partial charge in [0.25, 0.3) is 0 Å². The number of hydrogen-bond acceptors (Lipinski definition) is 2. The van der Waals surface area contributed by atoms with Crippen LogP contribution in [0.1, 0.15) is 110 Å². The third kappa shape index (κ3) is 7.04. The molecule has 2 heteroatoms. The summed E-state index contributed by atoms with van der Waals surface area (Å²) in [7, 11) is 0. The van der Waals surface area contributed by atoms with Crippen LogP contribution in [0.15, 0.2) is 94.9 Å². The zero-order chi connectivity index (χ0) is 27.6. The monoisotopic (exact) mass is 538 g/mol. The largest absolute Gasteiger partial charge is 0.309 e. The second kappa shape index (κ2) is 14.9. The van der Waals surface area contributed by atoms with Crippen LogP contribution in [-0.2, 0) is 0 Å². The maximum absolute atomic E-state index is 3.35. The van der Waals surface area contributed by atoms with Crippen molar-refractivity contribution in [3.05, 3.63) is 94.9 Å². The minimum absolute atomic E-state index is 0.574. The Morgan fingerprint density at radius 2 is 1.85 bits per heavy atom. The molecule has 0 fully saturated rings. The highest BCUT2D eigenvalue weighted by atomic mass is 15.3. The summed E-state index contributed by atoms with van der Waals surface area (Å²) in [6.45, 7) is 4.52. The van der Waals surface area contributed by atoms with Crippen LogP contribution >= 0.6 is 0 Å². The number of allylic oxidation sites excluding steroid dienone is 14. The number of unbranched alkanes of at least 4 members (excludes halogenated alkanes) is 1. The highest BCUT2D eigenvalue weighted by Crippen LogP contribution is 2.50. The molecule has 0 radical (unpaired) electrons. The van der Waals surface area contributed by atoms with E-state index < -0.39 is 0 Å². The minimum Gasteiger partial charge on any atom is -0.309 e. The van der Waals surface area contributed by atoms with Crippen molar-refractivity contribution < 1.29 is 0 Å². The maximum Gasteiger partial charge on any atom is 0.0172 e. The first-order valence-electron chi connectivity index (χ1n) is 16.8. The van der Waals surface area contributed by atoms with E-state index in [1.807, 2.05) is 11.8 Å². The number of nitrogens with one attached hydrogen (secondary N) is 2. The summed E-state index contributed by atoms with van der Waals surface area (Å²) in [5, 5.41) is 0. The SMILES string of the molecule is CCC/C=C\NN/C=C(\CCC)C1CC=C(C2=C3C=CC=CC3C(C3=CCCCC3C3CC=CCC3)CC2)CC1. The number of hydrazine groups is 1. The van der Waals surface area contributed by atoms with Crippen molar-refractivity contribution in [1.82, 2.24) is 10.9 Å². The van der Waals surface area contributed by atoms with Crippen LogP contribution in [0.2, 0.25) is 0 Å². The minimum atomic E-state index is 0.574. The summed E-state index contributed by atoms with van der Waals surface area (Å²) in [5.74, 6) is 3.63. The van der Waals surface area contributed by atoms with Crippen molar-refractivity contribution in [2.24, 2.45) is 29.6 Å². The molecule has 5 aliphatic carbocycles. The predicted octanol–water partition coefficient (Wildman–Crippen LogP) is 10.3. The van der Waals surface area contributed by atoms with E-state index >= 15 is 0 Å². The van der Waals surface area contributed by atoms with E-state index in [0.717, 1.165) is 18.3 Å². The van der Waals surface area contributed by atoms with Crippen LogP contribution in [0.25, 0.3) is 0 Å². The fourth-order valence-corrected chi connectivity index (χ4v) is 8.21. The van der Waals surface area contributed by atoms with Gasteiger partial charge in [-0.05, 0) is 129 Å². The highest BCUT2D eigenvalue weighted by molar-refractivity contribution is 5.49. The molecule has 0 heterocycles. The molecular weight excluding hydrogens is 484 g/mol. The summed E-state index contributed by atoms with van der Waals surface area (Å²) in [6, 6.07) is 0. The molecule has 0 aromatic heterocycles. The molecule has 2 nitrogen and oxygen atoms in total. The van der Waals surface area contributed by atoms with Crippen LogP contribution in [0.3, 0.4) is 0 Å². The molecule has 0 saturated heterocycles. The van der Waals surface area contributed by atoms with Crippen molar-refractivity contribution in [3.8, 4) is 0 Å². The van der Waals surface area contributed by atoms with Crippen molar-refractivity contribution in [2.75, 3.05) is 0 Å². The van der Waals surface area contributed by atoms with Gasteiger partial charge in [0.2, 0.25) is 0 Å². The molecular formula is C38H54N2. The Kier molecular flexibility index (Phi) is 10.8. The molecule has 0 aliphatic heterocycles. The number of hydrogen-bond donors (Lipinski definition) is 2. The summed E-state index contributed by atoms with van der Waals surface area (Å²) in [5.41, 5.74) is 15.0. The molecule has 5 rings (SSSR count). The van der Waals surface area contributed by atoms with Gasteiger partial charge in [0.15, 0.2) is 0 Å². The van der Waals surface area contributed by atoms with Crippen molar-refractivity contribution in [2.45, 2.75) is 110 Å². The summed E-state index contributed by atoms with van der Waals surface area (Å²) in [6.07, 6.45) is 45.4. The van der Waals surface area contributed by atoms with Gasteiger partial charge in [0.1, 0.15) is 0 Å². The first-order valence-corrected chi connectivity index (χ1v) is 16.8. The van der Waals surface area contributed by atoms with Gasteiger partial charge in [0.05, 0.1) is 0 Å². The van der Waals surface area contributed by atoms with Crippen molar-refractivity contribution in [3.63, 3.8) is 0 Å². The Bertz CT molecular complexity index is 1090. The molecule has 0 spiro atoms. The quantitative estimate of drug-likeness (QED) is 0.155. The van der Waals surface area contributed by atoms with Gasteiger partial charge in [-0.15, -0.1) is 0 Å². The van der Waals surface area contributed by atoms with E-state index in [1.54, 1.807) is 22.3 Å². The number of rotatable bonds is 11. The van der Waals surface area contributed by atoms with Gasteiger partial charge in [0, 0.05) is 18.3 Å². The van der Waals surface area contributed by atoms with Gasteiger partial charge < -0.3 is 10.9 Å². The lowest BCUT2D eigenvalue weighted by Gasteiger charge is -2.43. The lowest BCUT2D eigenvalue weighted by Crippen LogP contribution is -2.31. The second-order valence-electron chi connectivity index (χ2n) is 12.8. The Balaban J connectivity index is 1.29. The van der Waals surface area contributed by atoms with Crippen LogP contribution < -0.4 is 10.9 Å². The van der Waals surface area contributed by atoms with E-state index in [-0.39, 0.29) is 0 Å². The zero-order valence-corrected chi connectivity index (χ0v) is 25.3. The molecule has 0 aromatic rings. The van der Waals surface area contributed by atoms with E-state index in [9.17, 15) is 0 Å². The lowest BCUT2D eigenvalue weighted by atomic mass is 9.62. The van der Waals surface area contributed by atoms with Gasteiger partial charge in [-0.1, -0.05) is 86.9 Å². The second-order valence-corrected chi connectivity index (χ2v) is 12.8. The first kappa shape index (κ1) is 29.0. The predicted molar refractivity (Wildman–Crippen MR) is 172 cm³/mol. The van der Waals surface area contributed by atoms with Crippen molar-refractivity contribution in [1.29, 1.82) is 0 Å². The molecule has 2 N–H and O–H groups in total. The first-order chi connectivity index (χ1) is 19.8. The molecule has 0 bridgehead atoms. The third-order valence-corrected chi connectivity index (χ3v) is 10.2. The van der Waals surface area contributed by atoms with Gasteiger partial charge in [-0.3, -0.25) is 0 Å². The average Bonchev–Trinajstić information content (AvgIpc) is 3.02. The summed E-state index contributed by atoms with van der Waals surface area (Å²) in [4.78, 5) is 0. The van der Waals surface area contributed by atoms with E-state index in [1.165, 1.54) is 89.9 Å². The Morgan fingerprint density at radius 1 is 0.900 bits per heavy atom. The lowest BCUT2D eigenvalue weighted by molar-refractivity contribution is 0.273. The standard InChI is InChI=1S/C38H54N2/c1-3-5-13-27-39-40-28-32(14-4-2)29-21-23-31(24-22-29)34-25-26-38(37-20-12-11-19-36(34)37)35-18-10-9-17-33(35)30-15-7-6-8-16-30/h6-7,11-13,18-20,23,27-30,33,37-40H,3-5,8-10,14-17,21-22,24-26H2,1-2H3/b27-13-,32-28+. The van der Waals surface area contributed by atoms with Gasteiger partial charge >= 0.3 is 0 Å². The summed E-state index contributed by atoms with van der Waals surface area (Å²) < 4.78 is 0. The van der Waals surface area contributed by atoms with Crippen LogP contribution in [0.5, 0.6) is 0 Å². The number of fused-ring (bicyclic) bond motifs is 1. The fourth-order valence-electron chi connectivity index (χ4n) is 8.21. The molecule has 5 atom stereocenters. The molecule has 5 unspecified atom stereocenters. The third-order valence-electron chi connectivity index (χ3n) is 10.2. The Hall–Kier alpha value is -2.48. The van der Waals surface area contributed by atoms with E-state index in [4.69, 9.17) is 0 Å². The van der Waals surface area contributed by atoms with Crippen LogP contribution in [0, 0.1) is 29.6 Å². The van der Waals surface area contributed by atoms with Crippen molar-refractivity contribution >= 4 is 0 Å². The van der Waals surface area contributed by atoms with Gasteiger partial charge in [-0.25, -0.2) is 0 Å². The molecule has 0 saturated carbocycles. The molecule has 216 valence electrons. The normalized spacial score (nSPS) is 30.8. The maximum atomic E-state index is 3.35. The highest BCUT2D eigenvalue weighted by Gasteiger charge is 2.38. The summed E-state index contributed by atoms with van der Waals surface area (Å²) >= 11 is 0. The fraction of sp³-hybridized carbons (Fsp3) is 0.579. The van der Waals surface area contributed by atoms with E-state index in [0.29, 0.717) is 17.8 Å². The Morgan fingerprint density at radius 3 is 2.65 bits per heavy atom. The molecule has 5 aliphatic rings. The van der Waals surface area contributed by atoms with E-state index in [2.05, 4.69) is 85.6 Å². The molecule has 40 heavy (non-hydrogen) atoms. The topological polar surface area (TPSA) is 24.1 Å². The van der Waals surface area contributed by atoms with Gasteiger partial charge in [-0.2, -0.15) is 0 Å². The van der Waals surface area contributed by atoms with Crippen LogP contribution in [0.4, 0.5) is 0 Å². The smallest absolute Gasteiger partial charge is 0.0172 e. The Labute approximate surface area is 245 Å². The molecule has 0 amide bonds. The zero-order valence-electron chi connectivity index (χ0n) is 25.3. The van der Waals surface area contributed by atoms with Crippen LogP contribution in [-0.4, -0.2) is 0 Å². The average molecular weight is 539 g/mol. The molecule has 0 aromatic carbocycles.